The number of rotatable bonds is 5. The van der Waals surface area contributed by atoms with Crippen LogP contribution in [-0.2, 0) is 20.7 Å². The first-order valence-corrected chi connectivity index (χ1v) is 11.1. The summed E-state index contributed by atoms with van der Waals surface area (Å²) in [5.74, 6) is 0.777. The Morgan fingerprint density at radius 2 is 1.69 bits per heavy atom. The Bertz CT molecular complexity index is 1140. The van der Waals surface area contributed by atoms with Crippen molar-refractivity contribution in [2.24, 2.45) is 0 Å². The topological polar surface area (TPSA) is 52.6 Å². The smallest absolute Gasteiger partial charge is 0.297 e. The van der Waals surface area contributed by atoms with Gasteiger partial charge < -0.3 is 4.74 Å². The first-order valence-electron chi connectivity index (χ1n) is 9.34. The van der Waals surface area contributed by atoms with Crippen LogP contribution in [0.15, 0.2) is 65.6 Å². The highest BCUT2D eigenvalue weighted by atomic mass is 35.5. The van der Waals surface area contributed by atoms with Crippen molar-refractivity contribution in [2.75, 3.05) is 6.61 Å². The van der Waals surface area contributed by atoms with Crippen LogP contribution in [0.2, 0.25) is 5.02 Å². The Labute approximate surface area is 176 Å². The number of hydrogen-bond acceptors (Lipinski definition) is 4. The average molecular weight is 429 g/mol. The summed E-state index contributed by atoms with van der Waals surface area (Å²) >= 11 is 6.01. The van der Waals surface area contributed by atoms with Crippen molar-refractivity contribution < 1.29 is 17.3 Å². The summed E-state index contributed by atoms with van der Waals surface area (Å²) in [6.45, 7) is 3.90. The van der Waals surface area contributed by atoms with Gasteiger partial charge in [-0.2, -0.15) is 8.42 Å². The van der Waals surface area contributed by atoms with Gasteiger partial charge >= 0.3 is 0 Å². The lowest BCUT2D eigenvalue weighted by Crippen LogP contribution is -2.23. The molecule has 1 aliphatic heterocycles. The predicted octanol–water partition coefficient (Wildman–Crippen LogP) is 5.33. The van der Waals surface area contributed by atoms with Gasteiger partial charge in [-0.15, -0.1) is 0 Å². The molecule has 6 heteroatoms. The molecule has 1 unspecified atom stereocenters. The molecule has 0 saturated carbocycles. The highest BCUT2D eigenvalue weighted by Crippen LogP contribution is 2.40. The lowest BCUT2D eigenvalue weighted by atomic mass is 9.98. The third kappa shape index (κ3) is 4.32. The molecule has 0 radical (unpaired) electrons. The van der Waals surface area contributed by atoms with E-state index >= 15 is 0 Å². The van der Waals surface area contributed by atoms with Crippen LogP contribution >= 0.6 is 11.6 Å². The van der Waals surface area contributed by atoms with Crippen molar-refractivity contribution in [1.82, 2.24) is 0 Å². The second-order valence-corrected chi connectivity index (χ2v) is 9.36. The van der Waals surface area contributed by atoms with E-state index in [-0.39, 0.29) is 17.6 Å². The monoisotopic (exact) mass is 428 g/mol. The van der Waals surface area contributed by atoms with E-state index in [1.807, 2.05) is 38.1 Å². The van der Waals surface area contributed by atoms with Gasteiger partial charge in [-0.3, -0.25) is 4.18 Å². The van der Waals surface area contributed by atoms with Gasteiger partial charge in [0, 0.05) is 17.0 Å². The van der Waals surface area contributed by atoms with E-state index in [1.54, 1.807) is 24.3 Å². The van der Waals surface area contributed by atoms with E-state index in [4.69, 9.17) is 20.5 Å². The molecule has 0 amide bonds. The van der Waals surface area contributed by atoms with Crippen LogP contribution in [0.4, 0.5) is 0 Å². The molecule has 0 aliphatic carbocycles. The number of ether oxygens (including phenoxy) is 1. The van der Waals surface area contributed by atoms with Crippen LogP contribution in [0, 0.1) is 13.8 Å². The third-order valence-electron chi connectivity index (χ3n) is 4.92. The van der Waals surface area contributed by atoms with Crippen LogP contribution in [0.1, 0.15) is 16.7 Å². The van der Waals surface area contributed by atoms with Gasteiger partial charge in [-0.1, -0.05) is 47.5 Å². The Morgan fingerprint density at radius 1 is 1.00 bits per heavy atom. The molecule has 1 aliphatic rings. The normalized spacial score (nSPS) is 15.8. The molecule has 0 N–H and O–H groups in total. The maximum Gasteiger partial charge on any atom is 0.297 e. The van der Waals surface area contributed by atoms with Crippen LogP contribution in [0.5, 0.6) is 5.75 Å². The van der Waals surface area contributed by atoms with Gasteiger partial charge in [0.25, 0.3) is 10.1 Å². The van der Waals surface area contributed by atoms with E-state index < -0.39 is 10.1 Å². The lowest BCUT2D eigenvalue weighted by Gasteiger charge is -2.14. The van der Waals surface area contributed by atoms with E-state index in [2.05, 4.69) is 12.1 Å². The van der Waals surface area contributed by atoms with Crippen LogP contribution in [-0.4, -0.2) is 21.1 Å². The molecule has 4 nitrogen and oxygen atoms in total. The highest BCUT2D eigenvalue weighted by Gasteiger charge is 2.28. The maximum absolute atomic E-state index is 12.5. The van der Waals surface area contributed by atoms with E-state index in [0.29, 0.717) is 11.4 Å². The fourth-order valence-corrected chi connectivity index (χ4v) is 4.53. The Hall–Kier alpha value is -2.34. The lowest BCUT2D eigenvalue weighted by molar-refractivity contribution is 0.152. The second-order valence-electron chi connectivity index (χ2n) is 7.30. The molecule has 1 heterocycles. The zero-order chi connectivity index (χ0) is 20.6. The molecule has 4 rings (SSSR count). The van der Waals surface area contributed by atoms with Crippen LogP contribution < -0.4 is 4.74 Å². The van der Waals surface area contributed by atoms with Gasteiger partial charge in [0.05, 0.1) is 4.90 Å². The summed E-state index contributed by atoms with van der Waals surface area (Å²) in [5.41, 5.74) is 5.13. The summed E-state index contributed by atoms with van der Waals surface area (Å²) in [7, 11) is -3.82. The summed E-state index contributed by atoms with van der Waals surface area (Å²) in [4.78, 5) is 0.149. The minimum atomic E-state index is -3.82. The van der Waals surface area contributed by atoms with Crippen LogP contribution in [0.25, 0.3) is 11.1 Å². The fourth-order valence-electron chi connectivity index (χ4n) is 3.47. The minimum absolute atomic E-state index is 0.0377. The number of fused-ring (bicyclic) bond motifs is 1. The van der Waals surface area contributed by atoms with Gasteiger partial charge in [-0.05, 0) is 60.9 Å². The molecule has 1 atom stereocenters. The zero-order valence-electron chi connectivity index (χ0n) is 16.2. The molecule has 0 fully saturated rings. The number of hydrogen-bond donors (Lipinski definition) is 0. The zero-order valence-corrected chi connectivity index (χ0v) is 17.8. The minimum Gasteiger partial charge on any atom is -0.487 e. The Morgan fingerprint density at radius 3 is 2.38 bits per heavy atom. The van der Waals surface area contributed by atoms with E-state index in [0.717, 1.165) is 33.6 Å². The largest absolute Gasteiger partial charge is 0.487 e. The van der Waals surface area contributed by atoms with Gasteiger partial charge in [0.2, 0.25) is 0 Å². The SMILES string of the molecule is Cc1ccc(S(=O)(=O)OCC2Cc3cc(C)cc(-c4ccc(Cl)cc4)c3O2)cc1. The summed E-state index contributed by atoms with van der Waals surface area (Å²) in [6, 6.07) is 18.3. The summed E-state index contributed by atoms with van der Waals surface area (Å²) in [5, 5.41) is 0.673. The van der Waals surface area contributed by atoms with Crippen molar-refractivity contribution in [3.8, 4) is 16.9 Å². The molecular formula is C23H21ClO4S. The number of benzene rings is 3. The predicted molar refractivity (Wildman–Crippen MR) is 114 cm³/mol. The third-order valence-corrected chi connectivity index (χ3v) is 6.46. The van der Waals surface area contributed by atoms with Gasteiger partial charge in [0.15, 0.2) is 0 Å². The molecule has 150 valence electrons. The summed E-state index contributed by atoms with van der Waals surface area (Å²) in [6.07, 6.45) is 0.235. The molecule has 29 heavy (non-hydrogen) atoms. The first-order chi connectivity index (χ1) is 13.8. The molecule has 3 aromatic rings. The number of aryl methyl sites for hydroxylation is 2. The Kier molecular flexibility index (Phi) is 5.38. The quantitative estimate of drug-likeness (QED) is 0.515. The van der Waals surface area contributed by atoms with Crippen molar-refractivity contribution in [3.05, 3.63) is 82.4 Å². The van der Waals surface area contributed by atoms with E-state index in [1.165, 1.54) is 0 Å². The van der Waals surface area contributed by atoms with E-state index in [9.17, 15) is 8.42 Å². The van der Waals surface area contributed by atoms with Crippen molar-refractivity contribution >= 4 is 21.7 Å². The van der Waals surface area contributed by atoms with Crippen LogP contribution in [0.3, 0.4) is 0 Å². The van der Waals surface area contributed by atoms with Gasteiger partial charge in [0.1, 0.15) is 18.5 Å². The molecule has 3 aromatic carbocycles. The summed E-state index contributed by atoms with van der Waals surface area (Å²) < 4.78 is 36.3. The highest BCUT2D eigenvalue weighted by molar-refractivity contribution is 7.86. The number of halogens is 1. The van der Waals surface area contributed by atoms with Crippen molar-refractivity contribution in [2.45, 2.75) is 31.3 Å². The fraction of sp³-hybridized carbons (Fsp3) is 0.217. The molecular weight excluding hydrogens is 408 g/mol. The standard InChI is InChI=1S/C23H21ClO4S/c1-15-3-9-21(10-4-15)29(25,26)27-14-20-13-18-11-16(2)12-22(23(18)28-20)17-5-7-19(24)8-6-17/h3-12,20H,13-14H2,1-2H3. The molecule has 0 bridgehead atoms. The van der Waals surface area contributed by atoms with Gasteiger partial charge in [-0.25, -0.2) is 0 Å². The Balaban J connectivity index is 1.52. The molecule has 0 aromatic heterocycles. The molecule has 0 saturated heterocycles. The maximum atomic E-state index is 12.5. The average Bonchev–Trinajstić information content (AvgIpc) is 3.10. The van der Waals surface area contributed by atoms with Crippen molar-refractivity contribution in [3.63, 3.8) is 0 Å². The molecule has 0 spiro atoms. The van der Waals surface area contributed by atoms with Crippen molar-refractivity contribution in [1.29, 1.82) is 0 Å². The second kappa shape index (κ2) is 7.82. The first kappa shape index (κ1) is 20.0.